The van der Waals surface area contributed by atoms with Crippen LogP contribution in [0.4, 0.5) is 0 Å². The minimum atomic E-state index is -0.259. The van der Waals surface area contributed by atoms with Crippen LogP contribution >= 0.6 is 0 Å². The molecule has 0 saturated heterocycles. The molecule has 18 heavy (non-hydrogen) atoms. The van der Waals surface area contributed by atoms with E-state index in [1.165, 1.54) is 38.2 Å². The van der Waals surface area contributed by atoms with Crippen LogP contribution in [-0.2, 0) is 9.53 Å². The third-order valence-electron chi connectivity index (χ3n) is 6.72. The van der Waals surface area contributed by atoms with E-state index < -0.39 is 0 Å². The van der Waals surface area contributed by atoms with E-state index in [9.17, 15) is 4.79 Å². The molecule has 0 amide bonds. The second kappa shape index (κ2) is 3.85. The van der Waals surface area contributed by atoms with Crippen LogP contribution in [0, 0.1) is 28.6 Å². The van der Waals surface area contributed by atoms with Gasteiger partial charge in [-0.1, -0.05) is 20.4 Å². The molecule has 3 saturated carbocycles. The average Bonchev–Trinajstić information content (AvgIpc) is 2.98. The fraction of sp³-hybridized carbons (Fsp3) is 0.812. The summed E-state index contributed by atoms with van der Waals surface area (Å²) < 4.78 is 5.46. The largest absolute Gasteiger partial charge is 0.462 e. The molecule has 100 valence electrons. The summed E-state index contributed by atoms with van der Waals surface area (Å²) in [6.07, 6.45) is 7.91. The van der Waals surface area contributed by atoms with Crippen molar-refractivity contribution in [1.29, 1.82) is 0 Å². The van der Waals surface area contributed by atoms with Crippen LogP contribution in [0.1, 0.15) is 46.0 Å². The maximum absolute atomic E-state index is 11.4. The van der Waals surface area contributed by atoms with E-state index in [2.05, 4.69) is 20.4 Å². The van der Waals surface area contributed by atoms with E-state index in [-0.39, 0.29) is 11.4 Å². The highest BCUT2D eigenvalue weighted by molar-refractivity contribution is 5.81. The minimum absolute atomic E-state index is 0.259. The van der Waals surface area contributed by atoms with Gasteiger partial charge in [0.05, 0.1) is 6.61 Å². The summed E-state index contributed by atoms with van der Waals surface area (Å²) in [5, 5.41) is 0. The highest BCUT2D eigenvalue weighted by Crippen LogP contribution is 2.74. The number of ether oxygens (including phenoxy) is 1. The Hall–Kier alpha value is -0.790. The van der Waals surface area contributed by atoms with Gasteiger partial charge >= 0.3 is 5.97 Å². The summed E-state index contributed by atoms with van der Waals surface area (Å²) in [6, 6.07) is 0. The molecule has 2 heteroatoms. The molecule has 0 aromatic heterocycles. The lowest BCUT2D eigenvalue weighted by Crippen LogP contribution is -2.45. The molecule has 3 rings (SSSR count). The Balaban J connectivity index is 1.85. The van der Waals surface area contributed by atoms with E-state index in [0.717, 1.165) is 17.8 Å². The maximum Gasteiger partial charge on any atom is 0.330 e. The van der Waals surface area contributed by atoms with Crippen molar-refractivity contribution in [2.45, 2.75) is 46.0 Å². The van der Waals surface area contributed by atoms with E-state index in [0.29, 0.717) is 12.0 Å². The van der Waals surface area contributed by atoms with Gasteiger partial charge in [-0.25, -0.2) is 4.79 Å². The fourth-order valence-electron chi connectivity index (χ4n) is 5.59. The van der Waals surface area contributed by atoms with Crippen molar-refractivity contribution in [2.24, 2.45) is 28.6 Å². The molecule has 0 aromatic carbocycles. The van der Waals surface area contributed by atoms with Gasteiger partial charge < -0.3 is 4.74 Å². The Labute approximate surface area is 110 Å². The van der Waals surface area contributed by atoms with Crippen molar-refractivity contribution < 1.29 is 9.53 Å². The van der Waals surface area contributed by atoms with Crippen molar-refractivity contribution in [3.63, 3.8) is 0 Å². The zero-order valence-corrected chi connectivity index (χ0v) is 11.6. The lowest BCUT2D eigenvalue weighted by atomic mass is 9.57. The first-order valence-corrected chi connectivity index (χ1v) is 7.33. The van der Waals surface area contributed by atoms with Crippen LogP contribution in [0.15, 0.2) is 12.7 Å². The molecule has 0 spiro atoms. The number of hydrogen-bond acceptors (Lipinski definition) is 2. The van der Waals surface area contributed by atoms with Crippen LogP contribution < -0.4 is 0 Å². The van der Waals surface area contributed by atoms with Gasteiger partial charge in [-0.15, -0.1) is 0 Å². The monoisotopic (exact) mass is 248 g/mol. The molecule has 5 atom stereocenters. The average molecular weight is 248 g/mol. The van der Waals surface area contributed by atoms with Crippen LogP contribution in [-0.4, -0.2) is 12.6 Å². The van der Waals surface area contributed by atoms with E-state index >= 15 is 0 Å². The molecule has 0 N–H and O–H groups in total. The lowest BCUT2D eigenvalue weighted by molar-refractivity contribution is -0.146. The summed E-state index contributed by atoms with van der Waals surface area (Å²) in [6.45, 7) is 8.97. The predicted octanol–water partition coefficient (Wildman–Crippen LogP) is 3.57. The number of esters is 1. The van der Waals surface area contributed by atoms with Crippen molar-refractivity contribution in [3.05, 3.63) is 12.7 Å². The van der Waals surface area contributed by atoms with Gasteiger partial charge in [-0.05, 0) is 55.3 Å². The Bertz CT molecular complexity index is 389. The first-order valence-electron chi connectivity index (χ1n) is 7.33. The minimum Gasteiger partial charge on any atom is -0.462 e. The Morgan fingerprint density at radius 1 is 1.44 bits per heavy atom. The third kappa shape index (κ3) is 1.32. The molecule has 0 heterocycles. The number of carbonyl (C=O) groups excluding carboxylic acids is 1. The number of carbonyl (C=O) groups is 1. The zero-order chi connectivity index (χ0) is 13.0. The van der Waals surface area contributed by atoms with Gasteiger partial charge in [0, 0.05) is 11.5 Å². The van der Waals surface area contributed by atoms with Crippen molar-refractivity contribution >= 4 is 5.97 Å². The summed E-state index contributed by atoms with van der Waals surface area (Å²) >= 11 is 0. The molecule has 0 aliphatic heterocycles. The zero-order valence-electron chi connectivity index (χ0n) is 11.6. The van der Waals surface area contributed by atoms with Crippen LogP contribution in [0.3, 0.4) is 0 Å². The highest BCUT2D eigenvalue weighted by Gasteiger charge is 2.68. The standard InChI is InChI=1S/C16H24O2/c1-4-14(17)18-10-16-8-7-12(9-16)13-6-5-11(2)15(13,16)3/h4,11-13H,1,5-10H2,2-3H3. The summed E-state index contributed by atoms with van der Waals surface area (Å²) in [5.74, 6) is 2.28. The smallest absolute Gasteiger partial charge is 0.330 e. The molecular weight excluding hydrogens is 224 g/mol. The summed E-state index contributed by atoms with van der Waals surface area (Å²) in [4.78, 5) is 11.4. The summed E-state index contributed by atoms with van der Waals surface area (Å²) in [7, 11) is 0. The Kier molecular flexibility index (Phi) is 2.62. The second-order valence-electron chi connectivity index (χ2n) is 6.96. The predicted molar refractivity (Wildman–Crippen MR) is 70.9 cm³/mol. The third-order valence-corrected chi connectivity index (χ3v) is 6.72. The van der Waals surface area contributed by atoms with Gasteiger partial charge in [-0.2, -0.15) is 0 Å². The van der Waals surface area contributed by atoms with Crippen molar-refractivity contribution in [1.82, 2.24) is 0 Å². The molecule has 0 radical (unpaired) electrons. The van der Waals surface area contributed by atoms with E-state index in [1.807, 2.05) is 0 Å². The first-order chi connectivity index (χ1) is 8.53. The number of fused-ring (bicyclic) bond motifs is 5. The molecule has 3 aliphatic rings. The van der Waals surface area contributed by atoms with Gasteiger partial charge in [0.15, 0.2) is 0 Å². The van der Waals surface area contributed by atoms with Crippen LogP contribution in [0.5, 0.6) is 0 Å². The normalized spacial score (nSPS) is 49.1. The topological polar surface area (TPSA) is 26.3 Å². The number of rotatable bonds is 3. The van der Waals surface area contributed by atoms with E-state index in [4.69, 9.17) is 4.74 Å². The van der Waals surface area contributed by atoms with Gasteiger partial charge in [0.1, 0.15) is 0 Å². The van der Waals surface area contributed by atoms with E-state index in [1.54, 1.807) is 0 Å². The SMILES string of the molecule is C=CC(=O)OCC12CCC(C1)C1CCC(C)C12C. The Morgan fingerprint density at radius 2 is 2.22 bits per heavy atom. The van der Waals surface area contributed by atoms with Gasteiger partial charge in [0.2, 0.25) is 0 Å². The summed E-state index contributed by atoms with van der Waals surface area (Å²) in [5.41, 5.74) is 0.661. The quantitative estimate of drug-likeness (QED) is 0.564. The number of hydrogen-bond donors (Lipinski definition) is 0. The fourth-order valence-corrected chi connectivity index (χ4v) is 5.59. The van der Waals surface area contributed by atoms with Crippen molar-refractivity contribution in [3.8, 4) is 0 Å². The second-order valence-corrected chi connectivity index (χ2v) is 6.96. The molecule has 0 aromatic rings. The first kappa shape index (κ1) is 12.3. The molecule has 3 fully saturated rings. The molecular formula is C16H24O2. The van der Waals surface area contributed by atoms with Crippen LogP contribution in [0.2, 0.25) is 0 Å². The maximum atomic E-state index is 11.4. The molecule has 5 unspecified atom stereocenters. The lowest BCUT2D eigenvalue weighted by Gasteiger charge is -2.48. The molecule has 2 bridgehead atoms. The highest BCUT2D eigenvalue weighted by atomic mass is 16.5. The Morgan fingerprint density at radius 3 is 2.94 bits per heavy atom. The van der Waals surface area contributed by atoms with Crippen LogP contribution in [0.25, 0.3) is 0 Å². The van der Waals surface area contributed by atoms with Gasteiger partial charge in [0.25, 0.3) is 0 Å². The molecule has 2 nitrogen and oxygen atoms in total. The van der Waals surface area contributed by atoms with Gasteiger partial charge in [-0.3, -0.25) is 0 Å². The van der Waals surface area contributed by atoms with Crippen molar-refractivity contribution in [2.75, 3.05) is 6.61 Å². The molecule has 3 aliphatic carbocycles.